The van der Waals surface area contributed by atoms with Crippen molar-refractivity contribution < 1.29 is 9.59 Å². The van der Waals surface area contributed by atoms with Crippen LogP contribution in [0.4, 0.5) is 5.69 Å². The number of rotatable bonds is 7. The largest absolute Gasteiger partial charge is 0.356 e. The van der Waals surface area contributed by atoms with Gasteiger partial charge < -0.3 is 16.0 Å². The summed E-state index contributed by atoms with van der Waals surface area (Å²) < 4.78 is 0. The van der Waals surface area contributed by atoms with Gasteiger partial charge in [-0.15, -0.1) is 0 Å². The first kappa shape index (κ1) is 16.0. The van der Waals surface area contributed by atoms with E-state index in [1.807, 2.05) is 12.1 Å². The van der Waals surface area contributed by atoms with Crippen LogP contribution in [0.5, 0.6) is 0 Å². The Labute approximate surface area is 137 Å². The molecule has 1 unspecified atom stereocenters. The molecule has 2 aliphatic rings. The Morgan fingerprint density at radius 1 is 1.35 bits per heavy atom. The predicted octanol–water partition coefficient (Wildman–Crippen LogP) is 1.62. The smallest absolute Gasteiger partial charge is 0.228 e. The molecular weight excluding hydrogens is 290 g/mol. The van der Waals surface area contributed by atoms with E-state index in [2.05, 4.69) is 22.0 Å². The molecule has 2 aliphatic heterocycles. The zero-order chi connectivity index (χ0) is 16.1. The van der Waals surface area contributed by atoms with E-state index in [9.17, 15) is 9.59 Å². The maximum atomic E-state index is 11.9. The van der Waals surface area contributed by atoms with Gasteiger partial charge in [0.25, 0.3) is 0 Å². The van der Waals surface area contributed by atoms with E-state index in [4.69, 9.17) is 0 Å². The summed E-state index contributed by atoms with van der Waals surface area (Å²) in [6.07, 6.45) is 5.06. The summed E-state index contributed by atoms with van der Waals surface area (Å²) in [4.78, 5) is 23.2. The first-order valence-corrected chi connectivity index (χ1v) is 8.60. The summed E-state index contributed by atoms with van der Waals surface area (Å²) in [5, 5.41) is 9.20. The fraction of sp³-hybridized carbons (Fsp3) is 0.556. The average molecular weight is 315 g/mol. The number of anilines is 1. The van der Waals surface area contributed by atoms with Crippen molar-refractivity contribution in [2.24, 2.45) is 5.92 Å². The van der Waals surface area contributed by atoms with Crippen molar-refractivity contribution in [3.63, 3.8) is 0 Å². The third-order valence-corrected chi connectivity index (χ3v) is 4.70. The van der Waals surface area contributed by atoms with Crippen molar-refractivity contribution in [1.29, 1.82) is 0 Å². The van der Waals surface area contributed by atoms with E-state index in [-0.39, 0.29) is 11.8 Å². The Kier molecular flexibility index (Phi) is 5.28. The number of benzene rings is 1. The molecule has 0 aromatic heterocycles. The second-order valence-electron chi connectivity index (χ2n) is 6.57. The summed E-state index contributed by atoms with van der Waals surface area (Å²) >= 11 is 0. The molecule has 23 heavy (non-hydrogen) atoms. The Bertz CT molecular complexity index is 580. The summed E-state index contributed by atoms with van der Waals surface area (Å²) in [5.74, 6) is 0.931. The second-order valence-corrected chi connectivity index (χ2v) is 6.57. The third kappa shape index (κ3) is 4.55. The fourth-order valence-electron chi connectivity index (χ4n) is 3.36. The Balaban J connectivity index is 1.33. The molecule has 1 saturated heterocycles. The number of nitrogens with one attached hydrogen (secondary N) is 3. The lowest BCUT2D eigenvalue weighted by Gasteiger charge is -2.09. The maximum absolute atomic E-state index is 11.9. The van der Waals surface area contributed by atoms with Crippen LogP contribution in [-0.2, 0) is 22.4 Å². The molecule has 0 saturated carbocycles. The topological polar surface area (TPSA) is 70.2 Å². The fourth-order valence-corrected chi connectivity index (χ4v) is 3.36. The molecule has 5 nitrogen and oxygen atoms in total. The summed E-state index contributed by atoms with van der Waals surface area (Å²) in [7, 11) is 0. The highest BCUT2D eigenvalue weighted by molar-refractivity contribution is 5.99. The minimum Gasteiger partial charge on any atom is -0.356 e. The van der Waals surface area contributed by atoms with E-state index in [1.165, 1.54) is 12.0 Å². The molecule has 5 heteroatoms. The molecule has 3 N–H and O–H groups in total. The zero-order valence-corrected chi connectivity index (χ0v) is 13.5. The molecule has 0 spiro atoms. The van der Waals surface area contributed by atoms with Crippen LogP contribution in [0, 0.1) is 5.92 Å². The summed E-state index contributed by atoms with van der Waals surface area (Å²) in [6, 6.07) is 6.08. The highest BCUT2D eigenvalue weighted by Gasteiger charge is 2.17. The van der Waals surface area contributed by atoms with Gasteiger partial charge in [0, 0.05) is 18.7 Å². The van der Waals surface area contributed by atoms with Crippen molar-refractivity contribution in [2.45, 2.75) is 38.5 Å². The molecule has 0 radical (unpaired) electrons. The molecule has 2 amide bonds. The second kappa shape index (κ2) is 7.59. The standard InChI is InChI=1S/C18H25N3O2/c22-17(20-9-7-14-6-8-19-12-14)3-1-2-13-4-5-16-15(10-13)11-18(23)21-16/h4-5,10,14,19H,1-3,6-9,11-12H2,(H,20,22)(H,21,23). The van der Waals surface area contributed by atoms with Gasteiger partial charge in [0.2, 0.25) is 11.8 Å². The Morgan fingerprint density at radius 3 is 3.09 bits per heavy atom. The molecule has 1 aromatic rings. The van der Waals surface area contributed by atoms with E-state index >= 15 is 0 Å². The third-order valence-electron chi connectivity index (χ3n) is 4.70. The lowest BCUT2D eigenvalue weighted by molar-refractivity contribution is -0.121. The minimum absolute atomic E-state index is 0.0639. The predicted molar refractivity (Wildman–Crippen MR) is 90.3 cm³/mol. The molecule has 1 aromatic carbocycles. The van der Waals surface area contributed by atoms with Crippen molar-refractivity contribution >= 4 is 17.5 Å². The van der Waals surface area contributed by atoms with Crippen LogP contribution in [-0.4, -0.2) is 31.4 Å². The minimum atomic E-state index is 0.0639. The molecular formula is C18H25N3O2. The number of hydrogen-bond acceptors (Lipinski definition) is 3. The van der Waals surface area contributed by atoms with E-state index in [0.717, 1.165) is 56.1 Å². The van der Waals surface area contributed by atoms with Gasteiger partial charge in [-0.3, -0.25) is 9.59 Å². The van der Waals surface area contributed by atoms with Crippen LogP contribution in [0.25, 0.3) is 0 Å². The number of aryl methyl sites for hydroxylation is 1. The van der Waals surface area contributed by atoms with Gasteiger partial charge in [0.05, 0.1) is 6.42 Å². The van der Waals surface area contributed by atoms with Crippen LogP contribution in [0.3, 0.4) is 0 Å². The SMILES string of the molecule is O=C(CCCc1ccc2c(c1)CC(=O)N2)NCCC1CCNC1. The van der Waals surface area contributed by atoms with Gasteiger partial charge in [-0.25, -0.2) is 0 Å². The molecule has 2 heterocycles. The highest BCUT2D eigenvalue weighted by Crippen LogP contribution is 2.24. The number of hydrogen-bond donors (Lipinski definition) is 3. The number of carbonyl (C=O) groups is 2. The van der Waals surface area contributed by atoms with Crippen molar-refractivity contribution in [1.82, 2.24) is 10.6 Å². The number of fused-ring (bicyclic) bond motifs is 1. The molecule has 1 fully saturated rings. The van der Waals surface area contributed by atoms with Gasteiger partial charge in [-0.1, -0.05) is 12.1 Å². The Hall–Kier alpha value is -1.88. The zero-order valence-electron chi connectivity index (χ0n) is 13.5. The van der Waals surface area contributed by atoms with Gasteiger partial charge >= 0.3 is 0 Å². The summed E-state index contributed by atoms with van der Waals surface area (Å²) in [6.45, 7) is 2.99. The van der Waals surface area contributed by atoms with Gasteiger partial charge in [-0.05, 0) is 61.9 Å². The monoisotopic (exact) mass is 315 g/mol. The van der Waals surface area contributed by atoms with Crippen LogP contribution in [0.2, 0.25) is 0 Å². The Morgan fingerprint density at radius 2 is 2.26 bits per heavy atom. The summed E-state index contributed by atoms with van der Waals surface area (Å²) in [5.41, 5.74) is 3.20. The number of carbonyl (C=O) groups excluding carboxylic acids is 2. The molecule has 124 valence electrons. The van der Waals surface area contributed by atoms with Crippen molar-refractivity contribution in [3.05, 3.63) is 29.3 Å². The van der Waals surface area contributed by atoms with E-state index in [0.29, 0.717) is 12.8 Å². The van der Waals surface area contributed by atoms with Crippen LogP contribution < -0.4 is 16.0 Å². The van der Waals surface area contributed by atoms with Crippen molar-refractivity contribution in [2.75, 3.05) is 25.0 Å². The molecule has 3 rings (SSSR count). The van der Waals surface area contributed by atoms with E-state index < -0.39 is 0 Å². The van der Waals surface area contributed by atoms with Crippen LogP contribution in [0.1, 0.15) is 36.8 Å². The van der Waals surface area contributed by atoms with Gasteiger partial charge in [0.1, 0.15) is 0 Å². The first-order chi connectivity index (χ1) is 11.2. The molecule has 0 bridgehead atoms. The van der Waals surface area contributed by atoms with Gasteiger partial charge in [-0.2, -0.15) is 0 Å². The molecule has 1 atom stereocenters. The highest BCUT2D eigenvalue weighted by atomic mass is 16.2. The van der Waals surface area contributed by atoms with Gasteiger partial charge in [0.15, 0.2) is 0 Å². The quantitative estimate of drug-likeness (QED) is 0.716. The average Bonchev–Trinajstić information content (AvgIpc) is 3.15. The first-order valence-electron chi connectivity index (χ1n) is 8.60. The van der Waals surface area contributed by atoms with E-state index in [1.54, 1.807) is 0 Å². The lowest BCUT2D eigenvalue weighted by Crippen LogP contribution is -2.26. The number of amides is 2. The molecule has 0 aliphatic carbocycles. The maximum Gasteiger partial charge on any atom is 0.228 e. The normalized spacial score (nSPS) is 19.5. The van der Waals surface area contributed by atoms with Crippen molar-refractivity contribution in [3.8, 4) is 0 Å². The van der Waals surface area contributed by atoms with Crippen LogP contribution >= 0.6 is 0 Å². The van der Waals surface area contributed by atoms with Crippen LogP contribution in [0.15, 0.2) is 18.2 Å². The lowest BCUT2D eigenvalue weighted by atomic mass is 10.0.